The van der Waals surface area contributed by atoms with E-state index in [2.05, 4.69) is 42.3 Å². The lowest BCUT2D eigenvalue weighted by Gasteiger charge is -2.22. The molecule has 1 aromatic carbocycles. The minimum Gasteiger partial charge on any atom is -0.489 e. The molecular formula is C18H26N2O3. The van der Waals surface area contributed by atoms with Crippen molar-refractivity contribution in [3.05, 3.63) is 29.3 Å². The monoisotopic (exact) mass is 318 g/mol. The summed E-state index contributed by atoms with van der Waals surface area (Å²) in [7, 11) is 0. The van der Waals surface area contributed by atoms with Crippen LogP contribution in [0.5, 0.6) is 5.75 Å². The second kappa shape index (κ2) is 7.32. The summed E-state index contributed by atoms with van der Waals surface area (Å²) < 4.78 is 11.3. The zero-order valence-electron chi connectivity index (χ0n) is 14.0. The SMILES string of the molecule is Cc1ccc2c(c1)CN(CCC(=O)N[C@@H]1CCOC1)C[C@@H](C)O2. The van der Waals surface area contributed by atoms with Crippen molar-refractivity contribution in [3.8, 4) is 5.75 Å². The van der Waals surface area contributed by atoms with Crippen molar-refractivity contribution < 1.29 is 14.3 Å². The number of ether oxygens (including phenoxy) is 2. The van der Waals surface area contributed by atoms with Gasteiger partial charge in [0.15, 0.2) is 0 Å². The standard InChI is InChI=1S/C18H26N2O3/c1-13-3-4-17-15(9-13)11-20(10-14(2)23-17)7-5-18(21)19-16-6-8-22-12-16/h3-4,9,14,16H,5-8,10-12H2,1-2H3,(H,19,21)/t14-,16-/m1/s1. The van der Waals surface area contributed by atoms with Gasteiger partial charge < -0.3 is 14.8 Å². The van der Waals surface area contributed by atoms with Crippen LogP contribution in [0.1, 0.15) is 30.9 Å². The number of fused-ring (bicyclic) bond motifs is 1. The minimum atomic E-state index is 0.114. The maximum Gasteiger partial charge on any atom is 0.221 e. The number of carbonyl (C=O) groups excluding carboxylic acids is 1. The first-order valence-corrected chi connectivity index (χ1v) is 8.46. The highest BCUT2D eigenvalue weighted by atomic mass is 16.5. The highest BCUT2D eigenvalue weighted by Crippen LogP contribution is 2.26. The van der Waals surface area contributed by atoms with Crippen molar-refractivity contribution in [3.63, 3.8) is 0 Å². The third-order valence-electron chi connectivity index (χ3n) is 4.40. The van der Waals surface area contributed by atoms with E-state index in [0.717, 1.165) is 38.4 Å². The Morgan fingerprint density at radius 2 is 2.30 bits per heavy atom. The van der Waals surface area contributed by atoms with Gasteiger partial charge in [0.25, 0.3) is 0 Å². The average Bonchev–Trinajstić information content (AvgIpc) is 2.94. The number of nitrogens with one attached hydrogen (secondary N) is 1. The van der Waals surface area contributed by atoms with E-state index in [1.54, 1.807) is 0 Å². The molecule has 1 fully saturated rings. The van der Waals surface area contributed by atoms with Gasteiger partial charge >= 0.3 is 0 Å². The molecule has 1 aromatic rings. The predicted octanol–water partition coefficient (Wildman–Crippen LogP) is 1.87. The van der Waals surface area contributed by atoms with E-state index in [4.69, 9.17) is 9.47 Å². The zero-order chi connectivity index (χ0) is 16.2. The quantitative estimate of drug-likeness (QED) is 0.921. The van der Waals surface area contributed by atoms with Gasteiger partial charge in [0.05, 0.1) is 12.6 Å². The maximum absolute atomic E-state index is 12.1. The molecule has 0 radical (unpaired) electrons. The summed E-state index contributed by atoms with van der Waals surface area (Å²) in [6.45, 7) is 8.00. The fourth-order valence-electron chi connectivity index (χ4n) is 3.25. The Hall–Kier alpha value is -1.59. The molecule has 0 spiro atoms. The van der Waals surface area contributed by atoms with Gasteiger partial charge in [-0.2, -0.15) is 0 Å². The number of rotatable bonds is 4. The number of aryl methyl sites for hydroxylation is 1. The van der Waals surface area contributed by atoms with Gasteiger partial charge in [0.1, 0.15) is 11.9 Å². The van der Waals surface area contributed by atoms with Gasteiger partial charge in [0.2, 0.25) is 5.91 Å². The van der Waals surface area contributed by atoms with E-state index < -0.39 is 0 Å². The van der Waals surface area contributed by atoms with Crippen LogP contribution in [0.2, 0.25) is 0 Å². The van der Waals surface area contributed by atoms with Crippen LogP contribution >= 0.6 is 0 Å². The number of hydrogen-bond acceptors (Lipinski definition) is 4. The number of benzene rings is 1. The summed E-state index contributed by atoms with van der Waals surface area (Å²) in [5.41, 5.74) is 2.44. The highest BCUT2D eigenvalue weighted by molar-refractivity contribution is 5.76. The van der Waals surface area contributed by atoms with Gasteiger partial charge in [-0.25, -0.2) is 0 Å². The van der Waals surface area contributed by atoms with Crippen molar-refractivity contribution in [2.24, 2.45) is 0 Å². The zero-order valence-corrected chi connectivity index (χ0v) is 14.0. The number of amides is 1. The maximum atomic E-state index is 12.1. The summed E-state index contributed by atoms with van der Waals surface area (Å²) in [6.07, 6.45) is 1.57. The Balaban J connectivity index is 1.55. The third kappa shape index (κ3) is 4.45. The summed E-state index contributed by atoms with van der Waals surface area (Å²) in [5.74, 6) is 1.08. The molecule has 5 heteroatoms. The first-order valence-electron chi connectivity index (χ1n) is 8.46. The molecule has 0 bridgehead atoms. The van der Waals surface area contributed by atoms with Crippen LogP contribution < -0.4 is 10.1 Å². The van der Waals surface area contributed by atoms with Crippen LogP contribution in [0.4, 0.5) is 0 Å². The number of nitrogens with zero attached hydrogens (tertiary/aromatic N) is 1. The number of carbonyl (C=O) groups is 1. The molecule has 1 N–H and O–H groups in total. The van der Waals surface area contributed by atoms with Crippen molar-refractivity contribution in [2.75, 3.05) is 26.3 Å². The molecule has 3 rings (SSSR count). The molecule has 1 saturated heterocycles. The molecule has 0 saturated carbocycles. The third-order valence-corrected chi connectivity index (χ3v) is 4.40. The van der Waals surface area contributed by atoms with Crippen LogP contribution in [0.3, 0.4) is 0 Å². The minimum absolute atomic E-state index is 0.114. The van der Waals surface area contributed by atoms with Crippen LogP contribution in [-0.4, -0.2) is 49.3 Å². The Kier molecular flexibility index (Phi) is 5.18. The molecule has 0 aliphatic carbocycles. The van der Waals surface area contributed by atoms with Crippen molar-refractivity contribution in [1.82, 2.24) is 10.2 Å². The lowest BCUT2D eigenvalue weighted by Crippen LogP contribution is -2.38. The van der Waals surface area contributed by atoms with Crippen molar-refractivity contribution in [2.45, 2.75) is 45.4 Å². The van der Waals surface area contributed by atoms with Crippen LogP contribution in [0.25, 0.3) is 0 Å². The summed E-state index contributed by atoms with van der Waals surface area (Å²) in [6, 6.07) is 6.50. The van der Waals surface area contributed by atoms with E-state index in [-0.39, 0.29) is 18.1 Å². The molecule has 0 unspecified atom stereocenters. The summed E-state index contributed by atoms with van der Waals surface area (Å²) in [5, 5.41) is 3.05. The smallest absolute Gasteiger partial charge is 0.221 e. The first kappa shape index (κ1) is 16.3. The predicted molar refractivity (Wildman–Crippen MR) is 88.5 cm³/mol. The Morgan fingerprint density at radius 3 is 3.09 bits per heavy atom. The number of hydrogen-bond donors (Lipinski definition) is 1. The van der Waals surface area contributed by atoms with Gasteiger partial charge in [-0.15, -0.1) is 0 Å². The molecule has 2 aliphatic heterocycles. The fourth-order valence-corrected chi connectivity index (χ4v) is 3.25. The first-order chi connectivity index (χ1) is 11.1. The lowest BCUT2D eigenvalue weighted by molar-refractivity contribution is -0.122. The van der Waals surface area contributed by atoms with Gasteiger partial charge in [-0.1, -0.05) is 17.7 Å². The van der Waals surface area contributed by atoms with Crippen LogP contribution in [-0.2, 0) is 16.1 Å². The Morgan fingerprint density at radius 1 is 1.43 bits per heavy atom. The van der Waals surface area contributed by atoms with Gasteiger partial charge in [-0.05, 0) is 26.3 Å². The Labute approximate surface area is 137 Å². The highest BCUT2D eigenvalue weighted by Gasteiger charge is 2.22. The second-order valence-corrected chi connectivity index (χ2v) is 6.65. The van der Waals surface area contributed by atoms with Crippen LogP contribution in [0.15, 0.2) is 18.2 Å². The summed E-state index contributed by atoms with van der Waals surface area (Å²) >= 11 is 0. The molecule has 23 heavy (non-hydrogen) atoms. The van der Waals surface area contributed by atoms with E-state index in [1.165, 1.54) is 11.1 Å². The molecule has 0 aromatic heterocycles. The van der Waals surface area contributed by atoms with Crippen molar-refractivity contribution in [1.29, 1.82) is 0 Å². The van der Waals surface area contributed by atoms with E-state index in [1.807, 2.05) is 0 Å². The second-order valence-electron chi connectivity index (χ2n) is 6.65. The van der Waals surface area contributed by atoms with Gasteiger partial charge in [-0.3, -0.25) is 9.69 Å². The normalized spacial score (nSPS) is 24.6. The van der Waals surface area contributed by atoms with Crippen molar-refractivity contribution >= 4 is 5.91 Å². The molecular weight excluding hydrogens is 292 g/mol. The molecule has 126 valence electrons. The summed E-state index contributed by atoms with van der Waals surface area (Å²) in [4.78, 5) is 14.4. The average molecular weight is 318 g/mol. The molecule has 2 aliphatic rings. The van der Waals surface area contributed by atoms with Gasteiger partial charge in [0, 0.05) is 38.2 Å². The Bertz CT molecular complexity index is 555. The molecule has 2 heterocycles. The molecule has 2 atom stereocenters. The van der Waals surface area contributed by atoms with Crippen LogP contribution in [0, 0.1) is 6.92 Å². The topological polar surface area (TPSA) is 50.8 Å². The molecule has 5 nitrogen and oxygen atoms in total. The van der Waals surface area contributed by atoms with E-state index >= 15 is 0 Å². The fraction of sp³-hybridized carbons (Fsp3) is 0.611. The molecule has 1 amide bonds. The lowest BCUT2D eigenvalue weighted by atomic mass is 10.1. The largest absolute Gasteiger partial charge is 0.489 e. The van der Waals surface area contributed by atoms with E-state index in [0.29, 0.717) is 13.0 Å². The van der Waals surface area contributed by atoms with E-state index in [9.17, 15) is 4.79 Å².